The first-order valence-electron chi connectivity index (χ1n) is 10.5. The third-order valence-corrected chi connectivity index (χ3v) is 5.68. The molecule has 0 saturated carbocycles. The third kappa shape index (κ3) is 3.80. The summed E-state index contributed by atoms with van der Waals surface area (Å²) in [5, 5.41) is 2.75. The normalized spacial score (nSPS) is 11.6. The lowest BCUT2D eigenvalue weighted by Gasteiger charge is -2.04. The van der Waals surface area contributed by atoms with Crippen molar-refractivity contribution in [2.24, 2.45) is 0 Å². The minimum atomic E-state index is 0.967. The Bertz CT molecular complexity index is 951. The predicted molar refractivity (Wildman–Crippen MR) is 117 cm³/mol. The van der Waals surface area contributed by atoms with Crippen LogP contribution in [0.25, 0.3) is 21.8 Å². The van der Waals surface area contributed by atoms with Crippen LogP contribution in [0.5, 0.6) is 0 Å². The molecule has 0 aliphatic rings. The van der Waals surface area contributed by atoms with Crippen LogP contribution in [0.1, 0.15) is 61.8 Å². The standard InChI is InChI=1S/C25H30N2/c1-3-5-7-18-9-11-24-22(13-18)20(16-26-24)15-21-17-27-25-12-10-19(8-6-4-2)14-23(21)25/h9-14,16-17,26-27H,3-8,15H2,1-2H3. The Balaban J connectivity index is 1.65. The SMILES string of the molecule is CCCCc1ccc2[nH]cc(Cc3c[nH]c4ccc(CCCC)cc34)c2c1. The molecule has 2 heterocycles. The maximum Gasteiger partial charge on any atom is 0.0457 e. The van der Waals surface area contributed by atoms with E-state index in [4.69, 9.17) is 0 Å². The van der Waals surface area contributed by atoms with Gasteiger partial charge in [0, 0.05) is 40.6 Å². The summed E-state index contributed by atoms with van der Waals surface area (Å²) in [7, 11) is 0. The summed E-state index contributed by atoms with van der Waals surface area (Å²) >= 11 is 0. The maximum absolute atomic E-state index is 3.46. The second kappa shape index (κ2) is 8.04. The van der Waals surface area contributed by atoms with Crippen LogP contribution < -0.4 is 0 Å². The zero-order chi connectivity index (χ0) is 18.6. The molecule has 4 rings (SSSR count). The van der Waals surface area contributed by atoms with Gasteiger partial charge in [-0.05, 0) is 72.2 Å². The molecule has 0 aliphatic carbocycles. The Labute approximate surface area is 162 Å². The first-order valence-corrected chi connectivity index (χ1v) is 10.5. The van der Waals surface area contributed by atoms with Crippen molar-refractivity contribution in [1.82, 2.24) is 9.97 Å². The number of hydrogen-bond acceptors (Lipinski definition) is 0. The summed E-state index contributed by atoms with van der Waals surface area (Å²) in [6.07, 6.45) is 12.7. The molecule has 2 heteroatoms. The van der Waals surface area contributed by atoms with Crippen molar-refractivity contribution in [2.75, 3.05) is 0 Å². The monoisotopic (exact) mass is 358 g/mol. The molecule has 0 unspecified atom stereocenters. The second-order valence-corrected chi connectivity index (χ2v) is 7.77. The van der Waals surface area contributed by atoms with Crippen molar-refractivity contribution >= 4 is 21.8 Å². The van der Waals surface area contributed by atoms with Gasteiger partial charge in [-0.15, -0.1) is 0 Å². The van der Waals surface area contributed by atoms with Crippen LogP contribution in [0.3, 0.4) is 0 Å². The number of benzene rings is 2. The van der Waals surface area contributed by atoms with Crippen LogP contribution in [0.4, 0.5) is 0 Å². The molecular weight excluding hydrogens is 328 g/mol. The van der Waals surface area contributed by atoms with E-state index in [1.165, 1.54) is 82.6 Å². The summed E-state index contributed by atoms with van der Waals surface area (Å²) in [6, 6.07) is 13.8. The molecule has 0 atom stereocenters. The molecule has 2 aromatic carbocycles. The molecule has 0 aliphatic heterocycles. The minimum absolute atomic E-state index is 0.967. The quantitative estimate of drug-likeness (QED) is 0.342. The molecule has 2 N–H and O–H groups in total. The van der Waals surface area contributed by atoms with Crippen LogP contribution >= 0.6 is 0 Å². The molecule has 2 aromatic heterocycles. The van der Waals surface area contributed by atoms with Gasteiger partial charge >= 0.3 is 0 Å². The number of fused-ring (bicyclic) bond motifs is 2. The molecule has 140 valence electrons. The second-order valence-electron chi connectivity index (χ2n) is 7.77. The van der Waals surface area contributed by atoms with E-state index in [-0.39, 0.29) is 0 Å². The van der Waals surface area contributed by atoms with E-state index in [9.17, 15) is 0 Å². The van der Waals surface area contributed by atoms with Gasteiger partial charge < -0.3 is 9.97 Å². The van der Waals surface area contributed by atoms with Crippen LogP contribution in [0.15, 0.2) is 48.8 Å². The number of aryl methyl sites for hydroxylation is 2. The highest BCUT2D eigenvalue weighted by molar-refractivity contribution is 5.87. The molecule has 0 saturated heterocycles. The molecule has 0 amide bonds. The van der Waals surface area contributed by atoms with Gasteiger partial charge in [0.15, 0.2) is 0 Å². The Morgan fingerprint density at radius 1 is 0.667 bits per heavy atom. The fraction of sp³-hybridized carbons (Fsp3) is 0.360. The Kier molecular flexibility index (Phi) is 5.33. The topological polar surface area (TPSA) is 31.6 Å². The van der Waals surface area contributed by atoms with E-state index in [0.717, 1.165) is 6.42 Å². The highest BCUT2D eigenvalue weighted by atomic mass is 14.7. The largest absolute Gasteiger partial charge is 0.361 e. The summed E-state index contributed by atoms with van der Waals surface area (Å²) in [5.74, 6) is 0. The molecule has 2 nitrogen and oxygen atoms in total. The molecular formula is C25H30N2. The van der Waals surface area contributed by atoms with Crippen molar-refractivity contribution in [3.05, 3.63) is 71.0 Å². The summed E-state index contributed by atoms with van der Waals surface area (Å²) in [6.45, 7) is 4.51. The molecule has 0 spiro atoms. The van der Waals surface area contributed by atoms with Gasteiger partial charge in [0.2, 0.25) is 0 Å². The van der Waals surface area contributed by atoms with Gasteiger partial charge in [-0.3, -0.25) is 0 Å². The van der Waals surface area contributed by atoms with E-state index in [1.807, 2.05) is 0 Å². The van der Waals surface area contributed by atoms with E-state index in [0.29, 0.717) is 0 Å². The highest BCUT2D eigenvalue weighted by Gasteiger charge is 2.10. The third-order valence-electron chi connectivity index (χ3n) is 5.68. The fourth-order valence-corrected chi connectivity index (χ4v) is 4.02. The average molecular weight is 359 g/mol. The first kappa shape index (κ1) is 17.9. The van der Waals surface area contributed by atoms with Crippen LogP contribution in [0.2, 0.25) is 0 Å². The van der Waals surface area contributed by atoms with E-state index >= 15 is 0 Å². The lowest BCUT2D eigenvalue weighted by atomic mass is 9.99. The van der Waals surface area contributed by atoms with Gasteiger partial charge in [-0.2, -0.15) is 0 Å². The average Bonchev–Trinajstić information content (AvgIpc) is 3.29. The number of hydrogen-bond donors (Lipinski definition) is 2. The number of rotatable bonds is 8. The zero-order valence-corrected chi connectivity index (χ0v) is 16.6. The van der Waals surface area contributed by atoms with E-state index < -0.39 is 0 Å². The predicted octanol–water partition coefficient (Wildman–Crippen LogP) is 6.93. The van der Waals surface area contributed by atoms with Crippen molar-refractivity contribution in [3.8, 4) is 0 Å². The van der Waals surface area contributed by atoms with Gasteiger partial charge in [0.1, 0.15) is 0 Å². The zero-order valence-electron chi connectivity index (χ0n) is 16.6. The number of aromatic nitrogens is 2. The van der Waals surface area contributed by atoms with Gasteiger partial charge in [-0.1, -0.05) is 38.8 Å². The highest BCUT2D eigenvalue weighted by Crippen LogP contribution is 2.27. The summed E-state index contributed by atoms with van der Waals surface area (Å²) in [4.78, 5) is 6.92. The summed E-state index contributed by atoms with van der Waals surface area (Å²) in [5.41, 5.74) is 8.17. The van der Waals surface area contributed by atoms with Crippen LogP contribution in [-0.2, 0) is 19.3 Å². The van der Waals surface area contributed by atoms with E-state index in [1.54, 1.807) is 0 Å². The molecule has 0 fully saturated rings. The summed E-state index contributed by atoms with van der Waals surface area (Å²) < 4.78 is 0. The van der Waals surface area contributed by atoms with Crippen molar-refractivity contribution in [1.29, 1.82) is 0 Å². The molecule has 0 radical (unpaired) electrons. The number of H-pyrrole nitrogens is 2. The Morgan fingerprint density at radius 2 is 1.15 bits per heavy atom. The smallest absolute Gasteiger partial charge is 0.0457 e. The van der Waals surface area contributed by atoms with Gasteiger partial charge in [0.05, 0.1) is 0 Å². The Hall–Kier alpha value is -2.48. The van der Waals surface area contributed by atoms with Crippen molar-refractivity contribution in [2.45, 2.75) is 58.8 Å². The minimum Gasteiger partial charge on any atom is -0.361 e. The molecule has 0 bridgehead atoms. The lowest BCUT2D eigenvalue weighted by Crippen LogP contribution is -1.89. The molecule has 4 aromatic rings. The lowest BCUT2D eigenvalue weighted by molar-refractivity contribution is 0.796. The van der Waals surface area contributed by atoms with Crippen molar-refractivity contribution < 1.29 is 0 Å². The van der Waals surface area contributed by atoms with E-state index in [2.05, 4.69) is 72.6 Å². The van der Waals surface area contributed by atoms with Crippen LogP contribution in [-0.4, -0.2) is 9.97 Å². The van der Waals surface area contributed by atoms with Crippen LogP contribution in [0, 0.1) is 0 Å². The molecule has 27 heavy (non-hydrogen) atoms. The van der Waals surface area contributed by atoms with Gasteiger partial charge in [0.25, 0.3) is 0 Å². The van der Waals surface area contributed by atoms with Gasteiger partial charge in [-0.25, -0.2) is 0 Å². The Morgan fingerprint density at radius 3 is 1.59 bits per heavy atom. The van der Waals surface area contributed by atoms with Crippen molar-refractivity contribution in [3.63, 3.8) is 0 Å². The maximum atomic E-state index is 3.46. The number of aromatic amines is 2. The first-order chi connectivity index (χ1) is 13.3. The number of unbranched alkanes of at least 4 members (excludes halogenated alkanes) is 2. The number of nitrogens with one attached hydrogen (secondary N) is 2. The fourth-order valence-electron chi connectivity index (χ4n) is 4.02.